The first-order valence-electron chi connectivity index (χ1n) is 9.97. The number of nitrogens with zero attached hydrogens (tertiary/aromatic N) is 3. The molecule has 27 heavy (non-hydrogen) atoms. The molecule has 1 aromatic carbocycles. The van der Waals surface area contributed by atoms with Gasteiger partial charge in [0.2, 0.25) is 5.91 Å². The number of ether oxygens (including phenoxy) is 1. The maximum absolute atomic E-state index is 13.1. The zero-order valence-electron chi connectivity index (χ0n) is 16.9. The fourth-order valence-electron chi connectivity index (χ4n) is 3.81. The minimum atomic E-state index is -0.221. The van der Waals surface area contributed by atoms with Gasteiger partial charge in [-0.25, -0.2) is 4.98 Å². The number of amides is 1. The molecule has 5 heteroatoms. The fraction of sp³-hybridized carbons (Fsp3) is 0.545. The molecule has 1 aliphatic rings. The highest BCUT2D eigenvalue weighted by Crippen LogP contribution is 2.24. The van der Waals surface area contributed by atoms with E-state index in [4.69, 9.17) is 4.74 Å². The van der Waals surface area contributed by atoms with E-state index in [-0.39, 0.29) is 11.9 Å². The Morgan fingerprint density at radius 1 is 1.30 bits per heavy atom. The predicted molar refractivity (Wildman–Crippen MR) is 107 cm³/mol. The number of likely N-dealkylation sites (tertiary alicyclic amines) is 1. The topological polar surface area (TPSA) is 47.4 Å². The quantitative estimate of drug-likeness (QED) is 0.767. The van der Waals surface area contributed by atoms with E-state index in [2.05, 4.69) is 31.8 Å². The second-order valence-corrected chi connectivity index (χ2v) is 7.89. The van der Waals surface area contributed by atoms with Gasteiger partial charge in [-0.1, -0.05) is 32.0 Å². The zero-order valence-corrected chi connectivity index (χ0v) is 16.9. The van der Waals surface area contributed by atoms with Crippen LogP contribution >= 0.6 is 0 Å². The number of piperidine rings is 1. The van der Waals surface area contributed by atoms with Crippen LogP contribution in [0, 0.1) is 12.8 Å². The number of para-hydroxylation sites is 1. The molecule has 0 aliphatic carbocycles. The molecule has 1 saturated heterocycles. The van der Waals surface area contributed by atoms with Gasteiger partial charge in [0.1, 0.15) is 17.6 Å². The molecule has 5 nitrogen and oxygen atoms in total. The maximum atomic E-state index is 13.1. The molecule has 1 aromatic heterocycles. The smallest absolute Gasteiger partial charge is 0.245 e. The molecule has 1 fully saturated rings. The van der Waals surface area contributed by atoms with E-state index in [0.29, 0.717) is 18.4 Å². The average molecular weight is 370 g/mol. The molecular formula is C22H31N3O2. The van der Waals surface area contributed by atoms with Gasteiger partial charge in [-0.05, 0) is 38.3 Å². The molecule has 2 aromatic rings. The molecule has 1 aliphatic heterocycles. The molecule has 0 spiro atoms. The van der Waals surface area contributed by atoms with Crippen molar-refractivity contribution < 1.29 is 9.53 Å². The van der Waals surface area contributed by atoms with Crippen LogP contribution in [-0.2, 0) is 4.79 Å². The minimum Gasteiger partial charge on any atom is -0.493 e. The van der Waals surface area contributed by atoms with Crippen LogP contribution in [0.4, 0.5) is 0 Å². The van der Waals surface area contributed by atoms with Gasteiger partial charge in [-0.15, -0.1) is 0 Å². The summed E-state index contributed by atoms with van der Waals surface area (Å²) >= 11 is 0. The lowest BCUT2D eigenvalue weighted by molar-refractivity contribution is -0.136. The monoisotopic (exact) mass is 369 g/mol. The van der Waals surface area contributed by atoms with Gasteiger partial charge >= 0.3 is 0 Å². The van der Waals surface area contributed by atoms with Crippen molar-refractivity contribution in [3.8, 4) is 5.75 Å². The summed E-state index contributed by atoms with van der Waals surface area (Å²) in [5.74, 6) is 2.76. The van der Waals surface area contributed by atoms with Crippen LogP contribution in [0.25, 0.3) is 0 Å². The van der Waals surface area contributed by atoms with Crippen LogP contribution in [0.15, 0.2) is 36.7 Å². The van der Waals surface area contributed by atoms with Crippen LogP contribution in [0.1, 0.15) is 57.0 Å². The number of carbonyl (C=O) groups excluding carboxylic acids is 1. The van der Waals surface area contributed by atoms with Crippen molar-refractivity contribution in [1.29, 1.82) is 0 Å². The molecule has 2 heterocycles. The number of aryl methyl sites for hydroxylation is 1. The summed E-state index contributed by atoms with van der Waals surface area (Å²) in [5.41, 5.74) is 1.15. The van der Waals surface area contributed by atoms with Crippen molar-refractivity contribution in [2.75, 3.05) is 19.7 Å². The number of imidazole rings is 1. The first-order chi connectivity index (χ1) is 13.0. The van der Waals surface area contributed by atoms with E-state index in [0.717, 1.165) is 43.1 Å². The van der Waals surface area contributed by atoms with Crippen molar-refractivity contribution in [2.45, 2.75) is 52.5 Å². The van der Waals surface area contributed by atoms with E-state index >= 15 is 0 Å². The Hall–Kier alpha value is -2.30. The maximum Gasteiger partial charge on any atom is 0.245 e. The molecular weight excluding hydrogens is 338 g/mol. The Morgan fingerprint density at radius 2 is 2.07 bits per heavy atom. The van der Waals surface area contributed by atoms with Gasteiger partial charge < -0.3 is 14.2 Å². The molecule has 1 amide bonds. The van der Waals surface area contributed by atoms with E-state index < -0.39 is 0 Å². The Bertz CT molecular complexity index is 768. The molecule has 0 bridgehead atoms. The molecule has 0 N–H and O–H groups in total. The summed E-state index contributed by atoms with van der Waals surface area (Å²) in [6.45, 7) is 10.5. The Morgan fingerprint density at radius 3 is 2.81 bits per heavy atom. The van der Waals surface area contributed by atoms with Crippen molar-refractivity contribution in [1.82, 2.24) is 14.5 Å². The Kier molecular flexibility index (Phi) is 6.19. The SMILES string of the molecule is Cc1ccccc1OCC1CCCN(C(=O)C(C)n2ccnc2C(C)C)C1. The number of hydrogen-bond acceptors (Lipinski definition) is 3. The van der Waals surface area contributed by atoms with E-state index in [1.807, 2.05) is 40.8 Å². The Labute approximate surface area is 162 Å². The van der Waals surface area contributed by atoms with Crippen LogP contribution in [0.2, 0.25) is 0 Å². The molecule has 0 radical (unpaired) electrons. The van der Waals surface area contributed by atoms with Crippen molar-refractivity contribution >= 4 is 5.91 Å². The highest BCUT2D eigenvalue weighted by Gasteiger charge is 2.29. The normalized spacial score (nSPS) is 18.6. The van der Waals surface area contributed by atoms with Gasteiger partial charge in [-0.2, -0.15) is 0 Å². The third-order valence-electron chi connectivity index (χ3n) is 5.39. The summed E-state index contributed by atoms with van der Waals surface area (Å²) in [6, 6.07) is 7.87. The predicted octanol–water partition coefficient (Wildman–Crippen LogP) is 4.19. The van der Waals surface area contributed by atoms with Gasteiger partial charge in [-0.3, -0.25) is 4.79 Å². The number of aromatic nitrogens is 2. The molecule has 146 valence electrons. The lowest BCUT2D eigenvalue weighted by Crippen LogP contribution is -2.44. The number of hydrogen-bond donors (Lipinski definition) is 0. The molecule has 3 rings (SSSR count). The van der Waals surface area contributed by atoms with Crippen molar-refractivity contribution in [3.63, 3.8) is 0 Å². The summed E-state index contributed by atoms with van der Waals surface area (Å²) in [7, 11) is 0. The van der Waals surface area contributed by atoms with Crippen LogP contribution in [0.5, 0.6) is 5.75 Å². The first kappa shape index (κ1) is 19.5. The molecule has 2 atom stereocenters. The fourth-order valence-corrected chi connectivity index (χ4v) is 3.81. The minimum absolute atomic E-state index is 0.176. The van der Waals surface area contributed by atoms with Crippen LogP contribution < -0.4 is 4.74 Å². The summed E-state index contributed by atoms with van der Waals surface area (Å²) in [4.78, 5) is 19.5. The highest BCUT2D eigenvalue weighted by atomic mass is 16.5. The lowest BCUT2D eigenvalue weighted by Gasteiger charge is -2.35. The second kappa shape index (κ2) is 8.59. The van der Waals surface area contributed by atoms with Crippen molar-refractivity contribution in [2.24, 2.45) is 5.92 Å². The second-order valence-electron chi connectivity index (χ2n) is 7.89. The highest BCUT2D eigenvalue weighted by molar-refractivity contribution is 5.80. The number of benzene rings is 1. The first-order valence-corrected chi connectivity index (χ1v) is 9.97. The van der Waals surface area contributed by atoms with Gasteiger partial charge in [0.05, 0.1) is 6.61 Å². The van der Waals surface area contributed by atoms with Crippen molar-refractivity contribution in [3.05, 3.63) is 48.0 Å². The van der Waals surface area contributed by atoms with Crippen LogP contribution in [0.3, 0.4) is 0 Å². The third-order valence-corrected chi connectivity index (χ3v) is 5.39. The number of carbonyl (C=O) groups is 1. The van der Waals surface area contributed by atoms with Crippen LogP contribution in [-0.4, -0.2) is 40.1 Å². The Balaban J connectivity index is 1.61. The number of rotatable bonds is 6. The molecule has 2 unspecified atom stereocenters. The van der Waals surface area contributed by atoms with Gasteiger partial charge in [0.25, 0.3) is 0 Å². The van der Waals surface area contributed by atoms with Gasteiger partial charge in [0.15, 0.2) is 0 Å². The lowest BCUT2D eigenvalue weighted by atomic mass is 9.98. The van der Waals surface area contributed by atoms with E-state index in [9.17, 15) is 4.79 Å². The molecule has 0 saturated carbocycles. The third kappa shape index (κ3) is 4.52. The van der Waals surface area contributed by atoms with E-state index in [1.54, 1.807) is 6.20 Å². The zero-order chi connectivity index (χ0) is 19.4. The standard InChI is InChI=1S/C22H31N3O2/c1-16(2)21-23-11-13-25(21)18(4)22(26)24-12-7-9-19(14-24)15-27-20-10-6-5-8-17(20)3/h5-6,8,10-11,13,16,18-19H,7,9,12,14-15H2,1-4H3. The summed E-state index contributed by atoms with van der Waals surface area (Å²) in [6.07, 6.45) is 5.84. The summed E-state index contributed by atoms with van der Waals surface area (Å²) < 4.78 is 8.05. The van der Waals surface area contributed by atoms with Gasteiger partial charge in [0, 0.05) is 37.3 Å². The largest absolute Gasteiger partial charge is 0.493 e. The summed E-state index contributed by atoms with van der Waals surface area (Å²) in [5, 5.41) is 0. The average Bonchev–Trinajstić information content (AvgIpc) is 3.16. The van der Waals surface area contributed by atoms with E-state index in [1.165, 1.54) is 0 Å².